The van der Waals surface area contributed by atoms with Crippen LogP contribution in [0.5, 0.6) is 0 Å². The third-order valence-electron chi connectivity index (χ3n) is 3.14. The van der Waals surface area contributed by atoms with E-state index in [2.05, 4.69) is 9.71 Å². The molecule has 0 radical (unpaired) electrons. The molecule has 8 heteroatoms. The SMILES string of the molecule is Cc1cc(C(=O)O)cc(S(=O)(=O)Nc2ccc(Cl)nc2)c1C. The molecule has 0 bridgehead atoms. The number of carboxylic acids is 1. The summed E-state index contributed by atoms with van der Waals surface area (Å²) in [6.07, 6.45) is 1.28. The van der Waals surface area contributed by atoms with E-state index in [-0.39, 0.29) is 21.3 Å². The van der Waals surface area contributed by atoms with Crippen LogP contribution in [0.25, 0.3) is 0 Å². The molecular formula is C14H13ClN2O4S. The van der Waals surface area contributed by atoms with E-state index in [1.54, 1.807) is 13.8 Å². The van der Waals surface area contributed by atoms with Crippen molar-refractivity contribution in [3.05, 3.63) is 52.3 Å². The highest BCUT2D eigenvalue weighted by molar-refractivity contribution is 7.92. The van der Waals surface area contributed by atoms with Gasteiger partial charge in [0.05, 0.1) is 22.3 Å². The van der Waals surface area contributed by atoms with Crippen molar-refractivity contribution in [3.63, 3.8) is 0 Å². The molecular weight excluding hydrogens is 328 g/mol. The van der Waals surface area contributed by atoms with Crippen molar-refractivity contribution in [1.82, 2.24) is 4.98 Å². The fourth-order valence-corrected chi connectivity index (χ4v) is 3.37. The molecule has 0 fully saturated rings. The zero-order chi connectivity index (χ0) is 16.5. The summed E-state index contributed by atoms with van der Waals surface area (Å²) in [5, 5.41) is 9.31. The minimum absolute atomic E-state index is 0.0835. The Morgan fingerprint density at radius 1 is 1.27 bits per heavy atom. The maximum atomic E-state index is 12.5. The lowest BCUT2D eigenvalue weighted by Gasteiger charge is -2.13. The summed E-state index contributed by atoms with van der Waals surface area (Å²) in [6.45, 7) is 3.28. The van der Waals surface area contributed by atoms with Gasteiger partial charge in [0, 0.05) is 0 Å². The van der Waals surface area contributed by atoms with E-state index in [0.29, 0.717) is 11.1 Å². The average molecular weight is 341 g/mol. The fourth-order valence-electron chi connectivity index (χ4n) is 1.88. The van der Waals surface area contributed by atoms with Gasteiger partial charge in [-0.15, -0.1) is 0 Å². The number of sulfonamides is 1. The average Bonchev–Trinajstić information content (AvgIpc) is 2.43. The van der Waals surface area contributed by atoms with Crippen LogP contribution < -0.4 is 4.72 Å². The molecule has 1 aromatic carbocycles. The molecule has 2 aromatic rings. The van der Waals surface area contributed by atoms with Crippen molar-refractivity contribution in [2.24, 2.45) is 0 Å². The lowest BCUT2D eigenvalue weighted by Crippen LogP contribution is -2.16. The van der Waals surface area contributed by atoms with Gasteiger partial charge in [0.15, 0.2) is 0 Å². The standard InChI is InChI=1S/C14H13ClN2O4S/c1-8-5-10(14(18)19)6-12(9(8)2)22(20,21)17-11-3-4-13(15)16-7-11/h3-7,17H,1-2H3,(H,18,19). The van der Waals surface area contributed by atoms with Crippen LogP contribution in [0.1, 0.15) is 21.5 Å². The Kier molecular flexibility index (Phi) is 4.39. The van der Waals surface area contributed by atoms with Gasteiger partial charge in [-0.05, 0) is 49.2 Å². The number of nitrogens with one attached hydrogen (secondary N) is 1. The second-order valence-corrected chi connectivity index (χ2v) is 6.73. The molecule has 0 aliphatic heterocycles. The molecule has 0 aliphatic carbocycles. The predicted molar refractivity (Wildman–Crippen MR) is 82.9 cm³/mol. The van der Waals surface area contributed by atoms with Crippen molar-refractivity contribution in [1.29, 1.82) is 0 Å². The second-order valence-electron chi connectivity index (χ2n) is 4.70. The van der Waals surface area contributed by atoms with Crippen LogP contribution in [-0.4, -0.2) is 24.5 Å². The number of aromatic carboxylic acids is 1. The van der Waals surface area contributed by atoms with Gasteiger partial charge in [0.1, 0.15) is 5.15 Å². The minimum atomic E-state index is -3.93. The van der Waals surface area contributed by atoms with Crippen LogP contribution in [-0.2, 0) is 10.0 Å². The minimum Gasteiger partial charge on any atom is -0.478 e. The number of hydrogen-bond donors (Lipinski definition) is 2. The molecule has 116 valence electrons. The Hall–Kier alpha value is -2.12. The number of carboxylic acid groups (broad SMARTS) is 1. The number of rotatable bonds is 4. The molecule has 6 nitrogen and oxygen atoms in total. The molecule has 0 unspecified atom stereocenters. The number of benzene rings is 1. The highest BCUT2D eigenvalue weighted by atomic mass is 35.5. The zero-order valence-electron chi connectivity index (χ0n) is 11.8. The third-order valence-corrected chi connectivity index (χ3v) is 4.87. The van der Waals surface area contributed by atoms with Crippen molar-refractivity contribution in [2.45, 2.75) is 18.7 Å². The summed E-state index contributed by atoms with van der Waals surface area (Å²) in [4.78, 5) is 14.8. The first-order valence-electron chi connectivity index (χ1n) is 6.19. The van der Waals surface area contributed by atoms with Crippen LogP contribution in [0.3, 0.4) is 0 Å². The molecule has 2 N–H and O–H groups in total. The summed E-state index contributed by atoms with van der Waals surface area (Å²) >= 11 is 5.65. The van der Waals surface area contributed by atoms with Gasteiger partial charge in [-0.25, -0.2) is 18.2 Å². The lowest BCUT2D eigenvalue weighted by molar-refractivity contribution is 0.0696. The Morgan fingerprint density at radius 2 is 1.95 bits per heavy atom. The van der Waals surface area contributed by atoms with Gasteiger partial charge >= 0.3 is 5.97 Å². The molecule has 0 saturated heterocycles. The lowest BCUT2D eigenvalue weighted by atomic mass is 10.1. The first-order chi connectivity index (χ1) is 10.2. The van der Waals surface area contributed by atoms with E-state index in [4.69, 9.17) is 16.7 Å². The van der Waals surface area contributed by atoms with E-state index >= 15 is 0 Å². The van der Waals surface area contributed by atoms with E-state index in [1.165, 1.54) is 24.4 Å². The van der Waals surface area contributed by atoms with Crippen LogP contribution in [0, 0.1) is 13.8 Å². The monoisotopic (exact) mass is 340 g/mol. The first-order valence-corrected chi connectivity index (χ1v) is 8.06. The van der Waals surface area contributed by atoms with Crippen LogP contribution in [0.4, 0.5) is 5.69 Å². The topological polar surface area (TPSA) is 96.4 Å². The van der Waals surface area contributed by atoms with Crippen LogP contribution in [0.2, 0.25) is 5.15 Å². The van der Waals surface area contributed by atoms with Crippen LogP contribution in [0.15, 0.2) is 35.4 Å². The maximum absolute atomic E-state index is 12.5. The number of carbonyl (C=O) groups is 1. The molecule has 1 heterocycles. The maximum Gasteiger partial charge on any atom is 0.335 e. The Bertz CT molecular complexity index is 833. The normalized spacial score (nSPS) is 11.2. The van der Waals surface area contributed by atoms with Crippen molar-refractivity contribution >= 4 is 33.3 Å². The van der Waals surface area contributed by atoms with Gasteiger partial charge in [0.25, 0.3) is 10.0 Å². The molecule has 2 rings (SSSR count). The summed E-state index contributed by atoms with van der Waals surface area (Å²) in [5.41, 5.74) is 1.22. The quantitative estimate of drug-likeness (QED) is 0.834. The molecule has 1 aromatic heterocycles. The largest absolute Gasteiger partial charge is 0.478 e. The number of anilines is 1. The Labute approximate surface area is 132 Å². The molecule has 0 spiro atoms. The van der Waals surface area contributed by atoms with E-state index in [9.17, 15) is 13.2 Å². The number of hydrogen-bond acceptors (Lipinski definition) is 4. The fraction of sp³-hybridized carbons (Fsp3) is 0.143. The summed E-state index contributed by atoms with van der Waals surface area (Å²) in [6, 6.07) is 5.48. The smallest absolute Gasteiger partial charge is 0.335 e. The number of halogens is 1. The highest BCUT2D eigenvalue weighted by Crippen LogP contribution is 2.24. The zero-order valence-corrected chi connectivity index (χ0v) is 13.4. The first kappa shape index (κ1) is 16.3. The van der Waals surface area contributed by atoms with Gasteiger partial charge in [-0.2, -0.15) is 0 Å². The number of nitrogens with zero attached hydrogens (tertiary/aromatic N) is 1. The van der Waals surface area contributed by atoms with Crippen molar-refractivity contribution < 1.29 is 18.3 Å². The molecule has 0 atom stereocenters. The van der Waals surface area contributed by atoms with Gasteiger partial charge in [0.2, 0.25) is 0 Å². The summed E-state index contributed by atoms with van der Waals surface area (Å²) < 4.78 is 27.3. The van der Waals surface area contributed by atoms with Crippen molar-refractivity contribution in [2.75, 3.05) is 4.72 Å². The van der Waals surface area contributed by atoms with Gasteiger partial charge in [-0.3, -0.25) is 4.72 Å². The molecule has 22 heavy (non-hydrogen) atoms. The van der Waals surface area contributed by atoms with Gasteiger partial charge in [-0.1, -0.05) is 11.6 Å². The third kappa shape index (κ3) is 3.37. The van der Waals surface area contributed by atoms with Crippen LogP contribution >= 0.6 is 11.6 Å². The van der Waals surface area contributed by atoms with Gasteiger partial charge < -0.3 is 5.11 Å². The molecule has 0 amide bonds. The Morgan fingerprint density at radius 3 is 2.50 bits per heavy atom. The van der Waals surface area contributed by atoms with E-state index < -0.39 is 16.0 Å². The van der Waals surface area contributed by atoms with E-state index in [1.807, 2.05) is 0 Å². The molecule has 0 saturated carbocycles. The van der Waals surface area contributed by atoms with E-state index in [0.717, 1.165) is 6.07 Å². The Balaban J connectivity index is 2.49. The summed E-state index contributed by atoms with van der Waals surface area (Å²) in [5.74, 6) is -1.19. The number of aromatic nitrogens is 1. The predicted octanol–water partition coefficient (Wildman–Crippen LogP) is 2.85. The number of aryl methyl sites for hydroxylation is 1. The number of pyridine rings is 1. The highest BCUT2D eigenvalue weighted by Gasteiger charge is 2.21. The molecule has 0 aliphatic rings. The second kappa shape index (κ2) is 5.94. The van der Waals surface area contributed by atoms with Crippen molar-refractivity contribution in [3.8, 4) is 0 Å². The summed E-state index contributed by atoms with van der Waals surface area (Å²) in [7, 11) is -3.93.